The van der Waals surface area contributed by atoms with Gasteiger partial charge in [0, 0.05) is 43.4 Å². The zero-order valence-corrected chi connectivity index (χ0v) is 12.9. The molecule has 0 N–H and O–H groups in total. The lowest BCUT2D eigenvalue weighted by molar-refractivity contribution is 0.0528. The molecule has 0 saturated carbocycles. The molecule has 1 saturated heterocycles. The number of rotatable bonds is 2. The standard InChI is InChI=1S/C14H17N5OS/c1-10-8-18(2)6-7-19(10)14(20)11-9-21-13(17-11)12-15-4-3-5-16-12/h3-5,9-10H,6-8H2,1-2H3/t10-/m0/s1. The molecule has 0 unspecified atom stereocenters. The van der Waals surface area contributed by atoms with Gasteiger partial charge in [0.15, 0.2) is 10.8 Å². The largest absolute Gasteiger partial charge is 0.332 e. The molecule has 1 aliphatic heterocycles. The average molecular weight is 303 g/mol. The molecule has 1 fully saturated rings. The minimum Gasteiger partial charge on any atom is -0.332 e. The first-order valence-electron chi connectivity index (χ1n) is 6.87. The van der Waals surface area contributed by atoms with E-state index in [1.165, 1.54) is 11.3 Å². The van der Waals surface area contributed by atoms with E-state index in [9.17, 15) is 4.79 Å². The van der Waals surface area contributed by atoms with Gasteiger partial charge in [-0.1, -0.05) is 0 Å². The second kappa shape index (κ2) is 5.87. The van der Waals surface area contributed by atoms with Crippen molar-refractivity contribution in [1.82, 2.24) is 24.8 Å². The highest BCUT2D eigenvalue weighted by molar-refractivity contribution is 7.13. The van der Waals surface area contributed by atoms with Crippen LogP contribution in [0.25, 0.3) is 10.8 Å². The van der Waals surface area contributed by atoms with Gasteiger partial charge in [-0.3, -0.25) is 4.79 Å². The zero-order chi connectivity index (χ0) is 14.8. The third-order valence-electron chi connectivity index (χ3n) is 3.57. The van der Waals surface area contributed by atoms with Crippen LogP contribution in [0.5, 0.6) is 0 Å². The Balaban J connectivity index is 1.78. The molecule has 110 valence electrons. The van der Waals surface area contributed by atoms with Gasteiger partial charge in [0.25, 0.3) is 5.91 Å². The number of carbonyl (C=O) groups excluding carboxylic acids is 1. The molecule has 0 bridgehead atoms. The molecule has 1 aliphatic rings. The molecule has 6 nitrogen and oxygen atoms in total. The maximum atomic E-state index is 12.6. The number of piperazine rings is 1. The Labute approximate surface area is 127 Å². The summed E-state index contributed by atoms with van der Waals surface area (Å²) in [6.45, 7) is 4.60. The number of aromatic nitrogens is 3. The van der Waals surface area contributed by atoms with Crippen molar-refractivity contribution < 1.29 is 4.79 Å². The fourth-order valence-electron chi connectivity index (χ4n) is 2.47. The van der Waals surface area contributed by atoms with Crippen molar-refractivity contribution in [2.24, 2.45) is 0 Å². The summed E-state index contributed by atoms with van der Waals surface area (Å²) in [4.78, 5) is 29.4. The van der Waals surface area contributed by atoms with E-state index in [0.717, 1.165) is 19.6 Å². The van der Waals surface area contributed by atoms with Crippen molar-refractivity contribution >= 4 is 17.2 Å². The predicted octanol–water partition coefficient (Wildman–Crippen LogP) is 1.38. The van der Waals surface area contributed by atoms with E-state index in [-0.39, 0.29) is 11.9 Å². The van der Waals surface area contributed by atoms with Crippen LogP contribution in [0.2, 0.25) is 0 Å². The number of hydrogen-bond donors (Lipinski definition) is 0. The summed E-state index contributed by atoms with van der Waals surface area (Å²) in [5.41, 5.74) is 0.485. The lowest BCUT2D eigenvalue weighted by Crippen LogP contribution is -2.52. The van der Waals surface area contributed by atoms with E-state index in [4.69, 9.17) is 0 Å². The van der Waals surface area contributed by atoms with E-state index in [1.54, 1.807) is 23.8 Å². The monoisotopic (exact) mass is 303 g/mol. The smallest absolute Gasteiger partial charge is 0.273 e. The molecule has 0 aromatic carbocycles. The summed E-state index contributed by atoms with van der Waals surface area (Å²) in [6, 6.07) is 1.96. The number of likely N-dealkylation sites (N-methyl/N-ethyl adjacent to an activating group) is 1. The highest BCUT2D eigenvalue weighted by Crippen LogP contribution is 2.21. The minimum absolute atomic E-state index is 0.00553. The van der Waals surface area contributed by atoms with Crippen molar-refractivity contribution in [3.8, 4) is 10.8 Å². The van der Waals surface area contributed by atoms with Crippen molar-refractivity contribution in [1.29, 1.82) is 0 Å². The van der Waals surface area contributed by atoms with Gasteiger partial charge < -0.3 is 9.80 Å². The van der Waals surface area contributed by atoms with Crippen molar-refractivity contribution in [2.75, 3.05) is 26.7 Å². The summed E-state index contributed by atoms with van der Waals surface area (Å²) in [7, 11) is 2.08. The van der Waals surface area contributed by atoms with Crippen molar-refractivity contribution in [2.45, 2.75) is 13.0 Å². The molecule has 0 radical (unpaired) electrons. The molecular formula is C14H17N5OS. The summed E-state index contributed by atoms with van der Waals surface area (Å²) >= 11 is 1.40. The summed E-state index contributed by atoms with van der Waals surface area (Å²) in [5, 5.41) is 2.47. The Kier molecular flexibility index (Phi) is 3.94. The van der Waals surface area contributed by atoms with Gasteiger partial charge in [0.2, 0.25) is 0 Å². The van der Waals surface area contributed by atoms with E-state index >= 15 is 0 Å². The minimum atomic E-state index is -0.00553. The lowest BCUT2D eigenvalue weighted by Gasteiger charge is -2.37. The molecule has 7 heteroatoms. The van der Waals surface area contributed by atoms with Crippen molar-refractivity contribution in [3.05, 3.63) is 29.5 Å². The number of nitrogens with zero attached hydrogens (tertiary/aromatic N) is 5. The number of hydrogen-bond acceptors (Lipinski definition) is 6. The van der Waals surface area contributed by atoms with Gasteiger partial charge >= 0.3 is 0 Å². The first-order valence-corrected chi connectivity index (χ1v) is 7.75. The van der Waals surface area contributed by atoms with Crippen LogP contribution in [0.1, 0.15) is 17.4 Å². The van der Waals surface area contributed by atoms with E-state index in [0.29, 0.717) is 16.5 Å². The normalized spacial score (nSPS) is 19.7. The average Bonchev–Trinajstić information content (AvgIpc) is 2.97. The van der Waals surface area contributed by atoms with Crippen LogP contribution in [0.3, 0.4) is 0 Å². The molecule has 1 atom stereocenters. The zero-order valence-electron chi connectivity index (χ0n) is 12.1. The number of amides is 1. The highest BCUT2D eigenvalue weighted by Gasteiger charge is 2.28. The molecule has 1 amide bonds. The highest BCUT2D eigenvalue weighted by atomic mass is 32.1. The Bertz CT molecular complexity index is 629. The van der Waals surface area contributed by atoms with Gasteiger partial charge in [-0.25, -0.2) is 15.0 Å². The molecule has 2 aromatic rings. The molecule has 3 rings (SSSR count). The molecule has 0 spiro atoms. The third-order valence-corrected chi connectivity index (χ3v) is 4.41. The van der Waals surface area contributed by atoms with Crippen LogP contribution < -0.4 is 0 Å². The van der Waals surface area contributed by atoms with Gasteiger partial charge in [-0.05, 0) is 20.0 Å². The van der Waals surface area contributed by atoms with Crippen LogP contribution in [-0.4, -0.2) is 63.4 Å². The second-order valence-corrected chi connectivity index (χ2v) is 6.08. The second-order valence-electron chi connectivity index (χ2n) is 5.22. The lowest BCUT2D eigenvalue weighted by atomic mass is 10.2. The first kappa shape index (κ1) is 14.1. The number of carbonyl (C=O) groups is 1. The molecule has 2 aromatic heterocycles. The van der Waals surface area contributed by atoms with Crippen LogP contribution >= 0.6 is 11.3 Å². The van der Waals surface area contributed by atoms with E-state index in [2.05, 4.69) is 33.8 Å². The van der Waals surface area contributed by atoms with Crippen LogP contribution in [0.15, 0.2) is 23.8 Å². The Hall–Kier alpha value is -1.86. The first-order chi connectivity index (χ1) is 10.1. The van der Waals surface area contributed by atoms with E-state index < -0.39 is 0 Å². The maximum Gasteiger partial charge on any atom is 0.273 e. The summed E-state index contributed by atoms with van der Waals surface area (Å²) < 4.78 is 0. The third kappa shape index (κ3) is 2.93. The molecular weight excluding hydrogens is 286 g/mol. The Morgan fingerprint density at radius 2 is 2.10 bits per heavy atom. The van der Waals surface area contributed by atoms with Gasteiger partial charge in [0.1, 0.15) is 5.69 Å². The molecule has 3 heterocycles. The molecule has 0 aliphatic carbocycles. The predicted molar refractivity (Wildman–Crippen MR) is 81.1 cm³/mol. The SMILES string of the molecule is C[C@H]1CN(C)CCN1C(=O)c1csc(-c2ncccn2)n1. The maximum absolute atomic E-state index is 12.6. The van der Waals surface area contributed by atoms with Gasteiger partial charge in [-0.15, -0.1) is 11.3 Å². The number of thiazole rings is 1. The van der Waals surface area contributed by atoms with Crippen LogP contribution in [0.4, 0.5) is 0 Å². The van der Waals surface area contributed by atoms with Crippen LogP contribution in [0, 0.1) is 0 Å². The summed E-state index contributed by atoms with van der Waals surface area (Å²) in [5.74, 6) is 0.557. The van der Waals surface area contributed by atoms with Crippen LogP contribution in [-0.2, 0) is 0 Å². The Morgan fingerprint density at radius 1 is 1.33 bits per heavy atom. The fourth-order valence-corrected chi connectivity index (χ4v) is 3.21. The Morgan fingerprint density at radius 3 is 2.81 bits per heavy atom. The topological polar surface area (TPSA) is 62.2 Å². The van der Waals surface area contributed by atoms with Gasteiger partial charge in [-0.2, -0.15) is 0 Å². The quantitative estimate of drug-likeness (QED) is 0.838. The van der Waals surface area contributed by atoms with Crippen molar-refractivity contribution in [3.63, 3.8) is 0 Å². The fraction of sp³-hybridized carbons (Fsp3) is 0.429. The van der Waals surface area contributed by atoms with Gasteiger partial charge in [0.05, 0.1) is 0 Å². The molecule has 21 heavy (non-hydrogen) atoms. The summed E-state index contributed by atoms with van der Waals surface area (Å²) in [6.07, 6.45) is 3.35. The van der Waals surface area contributed by atoms with E-state index in [1.807, 2.05) is 4.90 Å².